The van der Waals surface area contributed by atoms with E-state index in [0.29, 0.717) is 18.6 Å². The second-order valence-corrected chi connectivity index (χ2v) is 5.57. The van der Waals surface area contributed by atoms with E-state index < -0.39 is 11.0 Å². The van der Waals surface area contributed by atoms with E-state index in [-0.39, 0.29) is 18.0 Å². The van der Waals surface area contributed by atoms with Crippen molar-refractivity contribution < 1.29 is 14.8 Å². The van der Waals surface area contributed by atoms with Crippen LogP contribution in [0.4, 0.5) is 5.82 Å². The minimum Gasteiger partial charge on any atom is -0.392 e. The second-order valence-electron chi connectivity index (χ2n) is 5.57. The number of aliphatic hydroxyl groups excluding tert-OH is 1. The summed E-state index contributed by atoms with van der Waals surface area (Å²) in [6.45, 7) is 0.666. The van der Waals surface area contributed by atoms with E-state index >= 15 is 0 Å². The number of hydrogen-bond acceptors (Lipinski definition) is 5. The first-order valence-corrected chi connectivity index (χ1v) is 7.20. The Balaban J connectivity index is 1.91. The van der Waals surface area contributed by atoms with Gasteiger partial charge in [0.05, 0.1) is 23.0 Å². The van der Waals surface area contributed by atoms with Crippen molar-refractivity contribution >= 4 is 5.82 Å². The van der Waals surface area contributed by atoms with E-state index in [2.05, 4.69) is 5.10 Å². The highest BCUT2D eigenvalue weighted by Crippen LogP contribution is 2.39. The minimum absolute atomic E-state index is 0.134. The fourth-order valence-corrected chi connectivity index (χ4v) is 3.18. The van der Waals surface area contributed by atoms with Crippen LogP contribution in [0.1, 0.15) is 56.2 Å². The Morgan fingerprint density at radius 2 is 2.20 bits per heavy atom. The van der Waals surface area contributed by atoms with E-state index in [1.54, 1.807) is 10.9 Å². The van der Waals surface area contributed by atoms with Crippen molar-refractivity contribution in [3.63, 3.8) is 0 Å². The monoisotopic (exact) mass is 281 g/mol. The van der Waals surface area contributed by atoms with Gasteiger partial charge in [-0.3, -0.25) is 0 Å². The van der Waals surface area contributed by atoms with Crippen molar-refractivity contribution in [2.45, 2.75) is 56.8 Å². The Hall–Kier alpha value is -1.47. The van der Waals surface area contributed by atoms with Crippen LogP contribution in [0.3, 0.4) is 0 Å². The predicted octanol–water partition coefficient (Wildman–Crippen LogP) is 2.12. The van der Waals surface area contributed by atoms with E-state index in [0.717, 1.165) is 32.1 Å². The lowest BCUT2D eigenvalue weighted by atomic mass is 9.98. The van der Waals surface area contributed by atoms with E-state index in [9.17, 15) is 15.2 Å². The smallest absolute Gasteiger partial charge is 0.392 e. The van der Waals surface area contributed by atoms with E-state index in [1.165, 1.54) is 0 Å². The first-order valence-electron chi connectivity index (χ1n) is 7.20. The molecule has 1 aromatic rings. The van der Waals surface area contributed by atoms with Gasteiger partial charge in [0.15, 0.2) is 6.23 Å². The largest absolute Gasteiger partial charge is 0.393 e. The quantitative estimate of drug-likeness (QED) is 0.677. The van der Waals surface area contributed by atoms with Gasteiger partial charge >= 0.3 is 5.82 Å². The van der Waals surface area contributed by atoms with Gasteiger partial charge in [-0.1, -0.05) is 6.42 Å². The summed E-state index contributed by atoms with van der Waals surface area (Å²) >= 11 is 0. The summed E-state index contributed by atoms with van der Waals surface area (Å²) in [5.74, 6) is -0.308. The molecule has 7 heteroatoms. The molecule has 0 aromatic carbocycles. The van der Waals surface area contributed by atoms with Gasteiger partial charge in [0, 0.05) is 12.5 Å². The summed E-state index contributed by atoms with van der Waals surface area (Å²) in [4.78, 5) is 10.7. The molecular formula is C13H19N3O4. The lowest BCUT2D eigenvalue weighted by Gasteiger charge is -2.20. The molecule has 7 nitrogen and oxygen atoms in total. The van der Waals surface area contributed by atoms with E-state index in [4.69, 9.17) is 4.74 Å². The third-order valence-corrected chi connectivity index (χ3v) is 4.24. The molecule has 110 valence electrons. The molecule has 3 rings (SSSR count). The zero-order valence-corrected chi connectivity index (χ0v) is 11.3. The molecular weight excluding hydrogens is 262 g/mol. The third kappa shape index (κ3) is 2.43. The van der Waals surface area contributed by atoms with Crippen molar-refractivity contribution in [1.82, 2.24) is 9.78 Å². The summed E-state index contributed by atoms with van der Waals surface area (Å²) in [6, 6.07) is 0. The summed E-state index contributed by atoms with van der Waals surface area (Å²) in [5.41, 5.74) is 0.550. The van der Waals surface area contributed by atoms with Crippen LogP contribution in [0.5, 0.6) is 0 Å². The number of nitro groups is 1. The second kappa shape index (κ2) is 5.49. The van der Waals surface area contributed by atoms with Gasteiger partial charge in [-0.2, -0.15) is 4.68 Å². The van der Waals surface area contributed by atoms with Gasteiger partial charge in [-0.15, -0.1) is 0 Å². The molecule has 0 spiro atoms. The maximum atomic E-state index is 11.2. The zero-order chi connectivity index (χ0) is 14.1. The number of ether oxygens (including phenoxy) is 1. The Kier molecular flexibility index (Phi) is 3.71. The van der Waals surface area contributed by atoms with E-state index in [1.807, 2.05) is 0 Å². The Morgan fingerprint density at radius 1 is 1.35 bits per heavy atom. The zero-order valence-electron chi connectivity index (χ0n) is 11.3. The van der Waals surface area contributed by atoms with Crippen LogP contribution in [-0.2, 0) is 4.74 Å². The molecule has 2 aliphatic rings. The molecule has 1 N–H and O–H groups in total. The van der Waals surface area contributed by atoms with Crippen molar-refractivity contribution in [2.24, 2.45) is 0 Å². The van der Waals surface area contributed by atoms with Gasteiger partial charge in [0.25, 0.3) is 0 Å². The molecule has 0 amide bonds. The standard InChI is InChI=1S/C13H19N3O4/c17-11-5-3-4-9(11)10-8-15(14-13(10)16(18)19)12-6-1-2-7-20-12/h8-9,11-12,17H,1-7H2. The molecule has 0 radical (unpaired) electrons. The fraction of sp³-hybridized carbons (Fsp3) is 0.769. The third-order valence-electron chi connectivity index (χ3n) is 4.24. The molecule has 2 fully saturated rings. The van der Waals surface area contributed by atoms with Crippen LogP contribution in [0.15, 0.2) is 6.20 Å². The molecule has 1 aliphatic heterocycles. The number of rotatable bonds is 3. The van der Waals surface area contributed by atoms with Crippen LogP contribution in [0.2, 0.25) is 0 Å². The van der Waals surface area contributed by atoms with Crippen molar-refractivity contribution in [3.8, 4) is 0 Å². The lowest BCUT2D eigenvalue weighted by Crippen LogP contribution is -2.18. The van der Waals surface area contributed by atoms with Gasteiger partial charge in [-0.25, -0.2) is 0 Å². The highest BCUT2D eigenvalue weighted by Gasteiger charge is 2.36. The number of aromatic nitrogens is 2. The molecule has 1 aliphatic carbocycles. The first kappa shape index (κ1) is 13.5. The maximum Gasteiger partial charge on any atom is 0.393 e. The summed E-state index contributed by atoms with van der Waals surface area (Å²) < 4.78 is 7.18. The highest BCUT2D eigenvalue weighted by molar-refractivity contribution is 5.35. The number of hydrogen-bond donors (Lipinski definition) is 1. The normalized spacial score (nSPS) is 30.6. The number of aliphatic hydroxyl groups is 1. The van der Waals surface area contributed by atoms with Gasteiger partial charge in [0.1, 0.15) is 0 Å². The predicted molar refractivity (Wildman–Crippen MR) is 70.3 cm³/mol. The Morgan fingerprint density at radius 3 is 2.80 bits per heavy atom. The molecule has 0 bridgehead atoms. The number of nitrogens with zero attached hydrogens (tertiary/aromatic N) is 3. The first-order chi connectivity index (χ1) is 9.66. The highest BCUT2D eigenvalue weighted by atomic mass is 16.6. The van der Waals surface area contributed by atoms with Crippen LogP contribution >= 0.6 is 0 Å². The summed E-state index contributed by atoms with van der Waals surface area (Å²) in [5, 5.41) is 25.3. The van der Waals surface area contributed by atoms with Crippen LogP contribution in [0, 0.1) is 10.1 Å². The lowest BCUT2D eigenvalue weighted by molar-refractivity contribution is -0.391. The van der Waals surface area contributed by atoms with Crippen molar-refractivity contribution in [3.05, 3.63) is 21.9 Å². The van der Waals surface area contributed by atoms with Gasteiger partial charge < -0.3 is 20.0 Å². The molecule has 3 unspecified atom stereocenters. The van der Waals surface area contributed by atoms with Crippen LogP contribution in [-0.4, -0.2) is 32.5 Å². The minimum atomic E-state index is -0.501. The molecule has 1 aromatic heterocycles. The topological polar surface area (TPSA) is 90.4 Å². The van der Waals surface area contributed by atoms with Crippen LogP contribution in [0.25, 0.3) is 0 Å². The SMILES string of the molecule is O=[N+]([O-])c1nn(C2CCCCO2)cc1C1CCCC1O. The van der Waals surface area contributed by atoms with Gasteiger partial charge in [-0.05, 0) is 37.0 Å². The molecule has 3 atom stereocenters. The molecule has 1 saturated heterocycles. The van der Waals surface area contributed by atoms with Crippen LogP contribution < -0.4 is 0 Å². The maximum absolute atomic E-state index is 11.2. The molecule has 2 heterocycles. The summed E-state index contributed by atoms with van der Waals surface area (Å²) in [7, 11) is 0. The van der Waals surface area contributed by atoms with Gasteiger partial charge in [0.2, 0.25) is 0 Å². The van der Waals surface area contributed by atoms with Crippen molar-refractivity contribution in [2.75, 3.05) is 6.61 Å². The Labute approximate surface area is 116 Å². The molecule has 1 saturated carbocycles. The Bertz CT molecular complexity index is 496. The summed E-state index contributed by atoms with van der Waals surface area (Å²) in [6.07, 6.45) is 6.25. The molecule has 20 heavy (non-hydrogen) atoms. The van der Waals surface area contributed by atoms with Crippen molar-refractivity contribution in [1.29, 1.82) is 0 Å². The average molecular weight is 281 g/mol. The average Bonchev–Trinajstić information content (AvgIpc) is 3.05. The fourth-order valence-electron chi connectivity index (χ4n) is 3.18.